The number of halogens is 3. The number of carbonyl (C=O) groups is 1. The molecular weight excluding hydrogens is 432 g/mol. The lowest BCUT2D eigenvalue weighted by molar-refractivity contribution is 0.0951. The number of hydrogen-bond donors (Lipinski definition) is 1. The van der Waals surface area contributed by atoms with Gasteiger partial charge in [-0.25, -0.2) is 13.8 Å². The molecule has 1 N–H and O–H groups in total. The average molecular weight is 454 g/mol. The second kappa shape index (κ2) is 9.09. The molecule has 7 heteroatoms. The molecule has 0 unspecified atom stereocenters. The molecule has 1 amide bonds. The maximum Gasteiger partial charge on any atom is 0.254 e. The summed E-state index contributed by atoms with van der Waals surface area (Å²) in [4.78, 5) is 17.5. The minimum atomic E-state index is -0.946. The summed E-state index contributed by atoms with van der Waals surface area (Å²) < 4.78 is 28.8. The number of benzene rings is 2. The van der Waals surface area contributed by atoms with Crippen molar-refractivity contribution in [1.82, 2.24) is 14.9 Å². The number of pyridine rings is 1. The molecule has 2 heterocycles. The van der Waals surface area contributed by atoms with Gasteiger partial charge in [-0.2, -0.15) is 0 Å². The Hall–Kier alpha value is -3.25. The molecule has 0 bridgehead atoms. The van der Waals surface area contributed by atoms with Crippen LogP contribution in [0.25, 0.3) is 10.9 Å². The molecule has 0 aliphatic heterocycles. The van der Waals surface area contributed by atoms with Gasteiger partial charge in [-0.05, 0) is 35.2 Å². The van der Waals surface area contributed by atoms with Crippen LogP contribution in [0.2, 0.25) is 5.15 Å². The normalized spacial score (nSPS) is 11.3. The Labute approximate surface area is 189 Å². The van der Waals surface area contributed by atoms with Crippen LogP contribution < -0.4 is 5.32 Å². The lowest BCUT2D eigenvalue weighted by atomic mass is 10.0. The van der Waals surface area contributed by atoms with Crippen LogP contribution in [0.5, 0.6) is 0 Å². The van der Waals surface area contributed by atoms with Gasteiger partial charge in [-0.3, -0.25) is 4.79 Å². The summed E-state index contributed by atoms with van der Waals surface area (Å²) in [7, 11) is 0. The van der Waals surface area contributed by atoms with Crippen LogP contribution in [0, 0.1) is 11.6 Å². The summed E-state index contributed by atoms with van der Waals surface area (Å²) in [6, 6.07) is 15.3. The molecular formula is C25H22ClF2N3O. The van der Waals surface area contributed by atoms with Gasteiger partial charge < -0.3 is 9.88 Å². The lowest BCUT2D eigenvalue weighted by Gasteiger charge is -2.15. The second-order valence-corrected chi connectivity index (χ2v) is 8.33. The Morgan fingerprint density at radius 1 is 1.06 bits per heavy atom. The Morgan fingerprint density at radius 2 is 1.81 bits per heavy atom. The maximum atomic E-state index is 13.5. The molecule has 2 aromatic heterocycles. The summed E-state index contributed by atoms with van der Waals surface area (Å²) in [6.07, 6.45) is 1.61. The van der Waals surface area contributed by atoms with E-state index in [0.29, 0.717) is 28.2 Å². The van der Waals surface area contributed by atoms with Gasteiger partial charge in [-0.15, -0.1) is 0 Å². The van der Waals surface area contributed by atoms with E-state index in [1.54, 1.807) is 12.3 Å². The van der Waals surface area contributed by atoms with Crippen LogP contribution in [0.4, 0.5) is 8.78 Å². The predicted molar refractivity (Wildman–Crippen MR) is 122 cm³/mol. The van der Waals surface area contributed by atoms with Gasteiger partial charge in [0.15, 0.2) is 11.6 Å². The minimum Gasteiger partial charge on any atom is -0.348 e. The molecule has 0 fully saturated rings. The van der Waals surface area contributed by atoms with E-state index in [1.807, 2.05) is 44.2 Å². The smallest absolute Gasteiger partial charge is 0.254 e. The van der Waals surface area contributed by atoms with Crippen molar-refractivity contribution in [1.29, 1.82) is 0 Å². The quantitative estimate of drug-likeness (QED) is 0.360. The standard InChI is InChI=1S/C25H22ClF2N3O/c1-15(2)24-23(25(32)30-12-17-8-9-19(27)20(28)10-17)18-13-29-22(26)11-21(18)31(24)14-16-6-4-3-5-7-16/h3-11,13,15H,12,14H2,1-2H3,(H,30,32). The molecule has 0 spiro atoms. The van der Waals surface area contributed by atoms with Crippen molar-refractivity contribution in [3.05, 3.63) is 100.0 Å². The molecule has 164 valence electrons. The predicted octanol–water partition coefficient (Wildman–Crippen LogP) is 6.07. The monoisotopic (exact) mass is 453 g/mol. The average Bonchev–Trinajstić information content (AvgIpc) is 3.08. The largest absolute Gasteiger partial charge is 0.348 e. The van der Waals surface area contributed by atoms with Gasteiger partial charge in [0.25, 0.3) is 5.91 Å². The number of rotatable bonds is 6. The maximum absolute atomic E-state index is 13.5. The van der Waals surface area contributed by atoms with Crippen LogP contribution in [-0.4, -0.2) is 15.5 Å². The molecule has 4 rings (SSSR count). The number of hydrogen-bond acceptors (Lipinski definition) is 2. The van der Waals surface area contributed by atoms with Gasteiger partial charge in [-0.1, -0.05) is 61.8 Å². The highest BCUT2D eigenvalue weighted by atomic mass is 35.5. The number of amides is 1. The van der Waals surface area contributed by atoms with Crippen LogP contribution in [0.1, 0.15) is 46.9 Å². The van der Waals surface area contributed by atoms with E-state index < -0.39 is 11.6 Å². The van der Waals surface area contributed by atoms with E-state index in [0.717, 1.165) is 28.9 Å². The van der Waals surface area contributed by atoms with Crippen molar-refractivity contribution < 1.29 is 13.6 Å². The van der Waals surface area contributed by atoms with E-state index in [-0.39, 0.29) is 18.4 Å². The first kappa shape index (κ1) is 22.0. The molecule has 0 saturated carbocycles. The van der Waals surface area contributed by atoms with Gasteiger partial charge in [0, 0.05) is 30.4 Å². The van der Waals surface area contributed by atoms with Crippen molar-refractivity contribution in [3.63, 3.8) is 0 Å². The third-order valence-corrected chi connectivity index (χ3v) is 5.56. The van der Waals surface area contributed by atoms with Crippen molar-refractivity contribution in [2.75, 3.05) is 0 Å². The first-order chi connectivity index (χ1) is 15.3. The summed E-state index contributed by atoms with van der Waals surface area (Å²) in [5.41, 5.74) is 3.74. The van der Waals surface area contributed by atoms with Crippen LogP contribution in [0.15, 0.2) is 60.8 Å². The molecule has 32 heavy (non-hydrogen) atoms. The highest BCUT2D eigenvalue weighted by molar-refractivity contribution is 6.30. The molecule has 4 nitrogen and oxygen atoms in total. The molecule has 0 saturated heterocycles. The second-order valence-electron chi connectivity index (χ2n) is 7.94. The van der Waals surface area contributed by atoms with E-state index in [4.69, 9.17) is 11.6 Å². The highest BCUT2D eigenvalue weighted by Gasteiger charge is 2.25. The zero-order chi connectivity index (χ0) is 22.8. The van der Waals surface area contributed by atoms with Crippen LogP contribution >= 0.6 is 11.6 Å². The van der Waals surface area contributed by atoms with Crippen LogP contribution in [0.3, 0.4) is 0 Å². The van der Waals surface area contributed by atoms with Crippen molar-refractivity contribution in [2.45, 2.75) is 32.9 Å². The number of nitrogens with one attached hydrogen (secondary N) is 1. The Bertz CT molecular complexity index is 1290. The van der Waals surface area contributed by atoms with Gasteiger partial charge in [0.05, 0.1) is 11.1 Å². The van der Waals surface area contributed by atoms with Gasteiger partial charge in [0.2, 0.25) is 0 Å². The van der Waals surface area contributed by atoms with Crippen molar-refractivity contribution in [2.24, 2.45) is 0 Å². The summed E-state index contributed by atoms with van der Waals surface area (Å²) in [5.74, 6) is -2.14. The first-order valence-corrected chi connectivity index (χ1v) is 10.7. The Kier molecular flexibility index (Phi) is 6.24. The summed E-state index contributed by atoms with van der Waals surface area (Å²) in [6.45, 7) is 4.69. The third-order valence-electron chi connectivity index (χ3n) is 5.35. The molecule has 0 aliphatic carbocycles. The number of aromatic nitrogens is 2. The van der Waals surface area contributed by atoms with Gasteiger partial charge >= 0.3 is 0 Å². The summed E-state index contributed by atoms with van der Waals surface area (Å²) >= 11 is 6.19. The fourth-order valence-electron chi connectivity index (χ4n) is 3.93. The Balaban J connectivity index is 1.76. The fraction of sp³-hybridized carbons (Fsp3) is 0.200. The lowest BCUT2D eigenvalue weighted by Crippen LogP contribution is -2.24. The highest BCUT2D eigenvalue weighted by Crippen LogP contribution is 2.33. The summed E-state index contributed by atoms with van der Waals surface area (Å²) in [5, 5.41) is 3.87. The fourth-order valence-corrected chi connectivity index (χ4v) is 4.09. The van der Waals surface area contributed by atoms with Gasteiger partial charge in [0.1, 0.15) is 5.15 Å². The zero-order valence-electron chi connectivity index (χ0n) is 17.7. The van der Waals surface area contributed by atoms with Crippen LogP contribution in [-0.2, 0) is 13.1 Å². The first-order valence-electron chi connectivity index (χ1n) is 10.3. The van der Waals surface area contributed by atoms with E-state index in [2.05, 4.69) is 14.9 Å². The molecule has 0 radical (unpaired) electrons. The number of nitrogens with zero attached hydrogens (tertiary/aromatic N) is 2. The molecule has 2 aromatic carbocycles. The number of fused-ring (bicyclic) bond motifs is 1. The zero-order valence-corrected chi connectivity index (χ0v) is 18.5. The molecule has 0 atom stereocenters. The van der Waals surface area contributed by atoms with Crippen molar-refractivity contribution >= 4 is 28.4 Å². The van der Waals surface area contributed by atoms with Crippen molar-refractivity contribution in [3.8, 4) is 0 Å². The van der Waals surface area contributed by atoms with E-state index >= 15 is 0 Å². The van der Waals surface area contributed by atoms with E-state index in [9.17, 15) is 13.6 Å². The number of carbonyl (C=O) groups excluding carboxylic acids is 1. The topological polar surface area (TPSA) is 46.9 Å². The van der Waals surface area contributed by atoms with E-state index in [1.165, 1.54) is 6.07 Å². The SMILES string of the molecule is CC(C)c1c(C(=O)NCc2ccc(F)c(F)c2)c2cnc(Cl)cc2n1Cc1ccccc1. The molecule has 0 aliphatic rings. The minimum absolute atomic E-state index is 0.0360. The Morgan fingerprint density at radius 3 is 2.50 bits per heavy atom. The molecule has 4 aromatic rings. The third kappa shape index (κ3) is 4.36.